The lowest BCUT2D eigenvalue weighted by Crippen LogP contribution is -2.12. The summed E-state index contributed by atoms with van der Waals surface area (Å²) in [4.78, 5) is 4.41. The molecule has 0 atom stereocenters. The fraction of sp³-hybridized carbons (Fsp3) is 0.231. The summed E-state index contributed by atoms with van der Waals surface area (Å²) in [7, 11) is 0. The molecule has 1 aromatic carbocycles. The second kappa shape index (κ2) is 4.88. The monoisotopic (exact) mass is 259 g/mol. The van der Waals surface area contributed by atoms with Crippen LogP contribution in [-0.2, 0) is 6.54 Å². The summed E-state index contributed by atoms with van der Waals surface area (Å²) in [5, 5.41) is 10.4. The number of hydrogen-bond acceptors (Lipinski definition) is 5. The van der Waals surface area contributed by atoms with Gasteiger partial charge in [0.15, 0.2) is 5.82 Å². The van der Waals surface area contributed by atoms with Gasteiger partial charge in [-0.2, -0.15) is 4.98 Å². The van der Waals surface area contributed by atoms with E-state index in [4.69, 9.17) is 4.52 Å². The maximum absolute atomic E-state index is 5.32. The Bertz CT molecular complexity index is 659. The van der Waals surface area contributed by atoms with E-state index >= 15 is 0 Å². The first-order chi connectivity index (χ1) is 8.88. The van der Waals surface area contributed by atoms with Crippen molar-refractivity contribution in [3.8, 4) is 11.5 Å². The molecule has 3 aromatic rings. The van der Waals surface area contributed by atoms with E-state index < -0.39 is 0 Å². The minimum atomic E-state index is 0.598. The molecule has 0 fully saturated rings. The Kier molecular flexibility index (Phi) is 3.08. The summed E-state index contributed by atoms with van der Waals surface area (Å²) in [5.74, 6) is 1.29. The Morgan fingerprint density at radius 1 is 1.33 bits per heavy atom. The van der Waals surface area contributed by atoms with E-state index in [-0.39, 0.29) is 0 Å². The van der Waals surface area contributed by atoms with Crippen LogP contribution in [0.15, 0.2) is 34.2 Å². The third-order valence-corrected chi connectivity index (χ3v) is 3.68. The second-order valence-corrected chi connectivity index (χ2v) is 4.85. The van der Waals surface area contributed by atoms with Crippen LogP contribution in [-0.4, -0.2) is 16.7 Å². The van der Waals surface area contributed by atoms with Crippen LogP contribution >= 0.6 is 11.3 Å². The van der Waals surface area contributed by atoms with Gasteiger partial charge >= 0.3 is 0 Å². The molecular weight excluding hydrogens is 246 g/mol. The summed E-state index contributed by atoms with van der Waals surface area (Å²) < 4.78 is 6.55. The van der Waals surface area contributed by atoms with Gasteiger partial charge in [0.2, 0.25) is 0 Å². The number of benzene rings is 1. The van der Waals surface area contributed by atoms with Gasteiger partial charge in [0.05, 0.1) is 12.1 Å². The zero-order valence-corrected chi connectivity index (χ0v) is 10.8. The molecule has 0 spiro atoms. The highest BCUT2D eigenvalue weighted by atomic mass is 32.1. The van der Waals surface area contributed by atoms with E-state index in [0.717, 1.165) is 12.1 Å². The van der Waals surface area contributed by atoms with Crippen molar-refractivity contribution in [2.24, 2.45) is 0 Å². The van der Waals surface area contributed by atoms with Crippen LogP contribution in [0.2, 0.25) is 0 Å². The molecule has 1 N–H and O–H groups in total. The number of nitrogens with one attached hydrogen (secondary N) is 1. The van der Waals surface area contributed by atoms with Crippen molar-refractivity contribution in [2.75, 3.05) is 6.54 Å². The zero-order chi connectivity index (χ0) is 12.4. The average molecular weight is 259 g/mol. The van der Waals surface area contributed by atoms with Gasteiger partial charge in [-0.3, -0.25) is 0 Å². The molecule has 0 aliphatic rings. The van der Waals surface area contributed by atoms with Crippen LogP contribution in [0.3, 0.4) is 0 Å². The normalized spacial score (nSPS) is 11.2. The topological polar surface area (TPSA) is 51.0 Å². The van der Waals surface area contributed by atoms with Gasteiger partial charge in [-0.1, -0.05) is 30.3 Å². The predicted molar refractivity (Wildman–Crippen MR) is 72.5 cm³/mol. The molecule has 4 nitrogen and oxygen atoms in total. The van der Waals surface area contributed by atoms with Gasteiger partial charge in [-0.15, -0.1) is 11.3 Å². The Hall–Kier alpha value is -1.72. The molecule has 0 radical (unpaired) electrons. The third kappa shape index (κ3) is 2.02. The highest BCUT2D eigenvalue weighted by Crippen LogP contribution is 2.32. The van der Waals surface area contributed by atoms with Gasteiger partial charge in [0.25, 0.3) is 5.89 Å². The van der Waals surface area contributed by atoms with Gasteiger partial charge in [0.1, 0.15) is 0 Å². The first-order valence-electron chi connectivity index (χ1n) is 5.88. The van der Waals surface area contributed by atoms with Crippen molar-refractivity contribution in [3.63, 3.8) is 0 Å². The first-order valence-corrected chi connectivity index (χ1v) is 6.76. The minimum Gasteiger partial charge on any atom is -0.334 e. The van der Waals surface area contributed by atoms with Gasteiger partial charge in [-0.05, 0) is 12.6 Å². The number of thiophene rings is 1. The minimum absolute atomic E-state index is 0.598. The van der Waals surface area contributed by atoms with E-state index in [1.165, 1.54) is 10.1 Å². The molecule has 2 aromatic heterocycles. The van der Waals surface area contributed by atoms with E-state index in [9.17, 15) is 0 Å². The highest BCUT2D eigenvalue weighted by molar-refractivity contribution is 7.17. The van der Waals surface area contributed by atoms with Crippen molar-refractivity contribution in [3.05, 3.63) is 35.5 Å². The fourth-order valence-electron chi connectivity index (χ4n) is 1.82. The van der Waals surface area contributed by atoms with Crippen LogP contribution < -0.4 is 5.32 Å². The Morgan fingerprint density at radius 3 is 3.11 bits per heavy atom. The molecule has 0 bridgehead atoms. The molecule has 0 aliphatic carbocycles. The van der Waals surface area contributed by atoms with Crippen LogP contribution in [0.4, 0.5) is 0 Å². The van der Waals surface area contributed by atoms with Crippen molar-refractivity contribution in [1.29, 1.82) is 0 Å². The van der Waals surface area contributed by atoms with Gasteiger partial charge in [-0.25, -0.2) is 0 Å². The molecule has 0 amide bonds. The number of nitrogens with zero attached hydrogens (tertiary/aromatic N) is 2. The molecule has 2 heterocycles. The van der Waals surface area contributed by atoms with Gasteiger partial charge in [0, 0.05) is 15.5 Å². The zero-order valence-electron chi connectivity index (χ0n) is 10.0. The Morgan fingerprint density at radius 2 is 2.22 bits per heavy atom. The molecule has 5 heteroatoms. The average Bonchev–Trinajstić information content (AvgIpc) is 3.02. The van der Waals surface area contributed by atoms with Gasteiger partial charge < -0.3 is 9.84 Å². The number of rotatable bonds is 4. The summed E-state index contributed by atoms with van der Waals surface area (Å²) in [5.41, 5.74) is 1.02. The van der Waals surface area contributed by atoms with Crippen LogP contribution in [0.1, 0.15) is 12.7 Å². The van der Waals surface area contributed by atoms with E-state index in [2.05, 4.69) is 33.0 Å². The standard InChI is InChI=1S/C13H13N3OS/c1-2-14-7-12-15-13(17-16-12)10-8-18-11-6-4-3-5-9(10)11/h3-6,8,14H,2,7H2,1H3. The van der Waals surface area contributed by atoms with Crippen LogP contribution in [0.5, 0.6) is 0 Å². The number of aromatic nitrogens is 2. The lowest BCUT2D eigenvalue weighted by Gasteiger charge is -1.93. The van der Waals surface area contributed by atoms with E-state index in [1.54, 1.807) is 11.3 Å². The lowest BCUT2D eigenvalue weighted by atomic mass is 10.2. The van der Waals surface area contributed by atoms with Crippen LogP contribution in [0.25, 0.3) is 21.5 Å². The summed E-state index contributed by atoms with van der Waals surface area (Å²) in [6, 6.07) is 8.23. The van der Waals surface area contributed by atoms with E-state index in [1.807, 2.05) is 19.1 Å². The highest BCUT2D eigenvalue weighted by Gasteiger charge is 2.12. The molecular formula is C13H13N3OS. The predicted octanol–water partition coefficient (Wildman–Crippen LogP) is 3.06. The smallest absolute Gasteiger partial charge is 0.259 e. The molecule has 0 saturated heterocycles. The Labute approximate surface area is 109 Å². The summed E-state index contributed by atoms with van der Waals surface area (Å²) in [6.07, 6.45) is 0. The molecule has 0 unspecified atom stereocenters. The first kappa shape index (κ1) is 11.4. The summed E-state index contributed by atoms with van der Waals surface area (Å²) in [6.45, 7) is 3.58. The molecule has 92 valence electrons. The molecule has 0 aliphatic heterocycles. The number of fused-ring (bicyclic) bond motifs is 1. The molecule has 18 heavy (non-hydrogen) atoms. The largest absolute Gasteiger partial charge is 0.334 e. The third-order valence-electron chi connectivity index (χ3n) is 2.71. The summed E-state index contributed by atoms with van der Waals surface area (Å²) >= 11 is 1.69. The molecule has 3 rings (SSSR count). The molecule has 0 saturated carbocycles. The maximum atomic E-state index is 5.32. The maximum Gasteiger partial charge on any atom is 0.259 e. The second-order valence-electron chi connectivity index (χ2n) is 3.94. The van der Waals surface area contributed by atoms with Crippen molar-refractivity contribution >= 4 is 21.4 Å². The van der Waals surface area contributed by atoms with Crippen molar-refractivity contribution in [1.82, 2.24) is 15.5 Å². The fourth-order valence-corrected chi connectivity index (χ4v) is 2.75. The number of hydrogen-bond donors (Lipinski definition) is 1. The quantitative estimate of drug-likeness (QED) is 0.782. The van der Waals surface area contributed by atoms with Crippen LogP contribution in [0, 0.1) is 0 Å². The SMILES string of the molecule is CCNCc1noc(-c2csc3ccccc23)n1. The van der Waals surface area contributed by atoms with Crippen molar-refractivity contribution < 1.29 is 4.52 Å². The lowest BCUT2D eigenvalue weighted by molar-refractivity contribution is 0.420. The van der Waals surface area contributed by atoms with Crippen molar-refractivity contribution in [2.45, 2.75) is 13.5 Å². The van der Waals surface area contributed by atoms with E-state index in [0.29, 0.717) is 18.3 Å². The Balaban J connectivity index is 1.96.